The van der Waals surface area contributed by atoms with Gasteiger partial charge in [-0.3, -0.25) is 14.6 Å². The molecule has 0 radical (unpaired) electrons. The fourth-order valence-corrected chi connectivity index (χ4v) is 4.37. The number of methoxy groups -OCH3 is 1. The molecule has 0 saturated carbocycles. The minimum atomic E-state index is 0.212. The van der Waals surface area contributed by atoms with Gasteiger partial charge in [-0.1, -0.05) is 24.3 Å². The van der Waals surface area contributed by atoms with Crippen LogP contribution in [0.1, 0.15) is 23.1 Å². The number of fused-ring (bicyclic) bond motifs is 1. The summed E-state index contributed by atoms with van der Waals surface area (Å²) < 4.78 is 5.34. The summed E-state index contributed by atoms with van der Waals surface area (Å²) in [6.45, 7) is 8.40. The van der Waals surface area contributed by atoms with Gasteiger partial charge >= 0.3 is 0 Å². The van der Waals surface area contributed by atoms with Crippen molar-refractivity contribution in [3.8, 4) is 5.75 Å². The van der Waals surface area contributed by atoms with Crippen molar-refractivity contribution in [3.05, 3.63) is 59.2 Å². The van der Waals surface area contributed by atoms with E-state index in [0.717, 1.165) is 63.5 Å². The van der Waals surface area contributed by atoms with Crippen molar-refractivity contribution in [2.75, 3.05) is 51.3 Å². The molecule has 0 bridgehead atoms. The number of benzene rings is 2. The molecule has 29 heavy (non-hydrogen) atoms. The van der Waals surface area contributed by atoms with Gasteiger partial charge in [0, 0.05) is 45.0 Å². The van der Waals surface area contributed by atoms with Gasteiger partial charge < -0.3 is 9.64 Å². The molecule has 2 aliphatic rings. The zero-order valence-electron chi connectivity index (χ0n) is 17.6. The minimum Gasteiger partial charge on any atom is -0.497 e. The van der Waals surface area contributed by atoms with E-state index in [-0.39, 0.29) is 5.91 Å². The van der Waals surface area contributed by atoms with E-state index in [0.29, 0.717) is 6.54 Å². The third-order valence-electron chi connectivity index (χ3n) is 6.19. The van der Waals surface area contributed by atoms with Crippen molar-refractivity contribution in [2.45, 2.75) is 26.3 Å². The lowest BCUT2D eigenvalue weighted by Crippen LogP contribution is -2.50. The van der Waals surface area contributed by atoms with Gasteiger partial charge in [-0.2, -0.15) is 0 Å². The van der Waals surface area contributed by atoms with Crippen LogP contribution in [0.3, 0.4) is 0 Å². The van der Waals surface area contributed by atoms with Crippen molar-refractivity contribution in [1.29, 1.82) is 0 Å². The van der Waals surface area contributed by atoms with Crippen LogP contribution in [0.25, 0.3) is 0 Å². The molecule has 2 aromatic carbocycles. The fraction of sp³-hybridized carbons (Fsp3) is 0.458. The average molecular weight is 394 g/mol. The van der Waals surface area contributed by atoms with Crippen molar-refractivity contribution in [1.82, 2.24) is 9.80 Å². The van der Waals surface area contributed by atoms with Gasteiger partial charge in [-0.25, -0.2) is 0 Å². The first-order valence-corrected chi connectivity index (χ1v) is 10.6. The second kappa shape index (κ2) is 8.97. The second-order valence-electron chi connectivity index (χ2n) is 8.12. The summed E-state index contributed by atoms with van der Waals surface area (Å²) in [5.74, 6) is 1.08. The molecule has 1 fully saturated rings. The summed E-state index contributed by atoms with van der Waals surface area (Å²) in [6.07, 6.45) is 2.02. The highest BCUT2D eigenvalue weighted by molar-refractivity contribution is 5.96. The molecule has 0 N–H and O–H groups in total. The Kier molecular flexibility index (Phi) is 6.16. The molecule has 5 heteroatoms. The summed E-state index contributed by atoms with van der Waals surface area (Å²) in [5.41, 5.74) is 5.02. The number of amides is 1. The highest BCUT2D eigenvalue weighted by Gasteiger charge is 2.26. The fourth-order valence-electron chi connectivity index (χ4n) is 4.37. The molecular weight excluding hydrogens is 362 g/mol. The lowest BCUT2D eigenvalue weighted by atomic mass is 10.0. The van der Waals surface area contributed by atoms with Crippen LogP contribution < -0.4 is 9.64 Å². The molecule has 1 amide bonds. The number of carbonyl (C=O) groups excluding carboxylic acids is 1. The molecule has 5 nitrogen and oxygen atoms in total. The number of carbonyl (C=O) groups is 1. The molecule has 0 unspecified atom stereocenters. The summed E-state index contributed by atoms with van der Waals surface area (Å²) in [7, 11) is 1.69. The van der Waals surface area contributed by atoms with Gasteiger partial charge in [-0.05, 0) is 54.7 Å². The molecule has 1 saturated heterocycles. The summed E-state index contributed by atoms with van der Waals surface area (Å²) in [6, 6.07) is 14.7. The predicted octanol–water partition coefficient (Wildman–Crippen LogP) is 3.10. The first-order chi connectivity index (χ1) is 14.1. The topological polar surface area (TPSA) is 36.0 Å². The lowest BCUT2D eigenvalue weighted by Gasteiger charge is -2.36. The maximum atomic E-state index is 13.0. The highest BCUT2D eigenvalue weighted by atomic mass is 16.5. The normalized spacial score (nSPS) is 17.8. The molecular formula is C24H31N3O2. The van der Waals surface area contributed by atoms with Gasteiger partial charge in [0.25, 0.3) is 0 Å². The first kappa shape index (κ1) is 19.9. The van der Waals surface area contributed by atoms with Crippen LogP contribution in [-0.4, -0.2) is 62.1 Å². The summed E-state index contributed by atoms with van der Waals surface area (Å²) in [5, 5.41) is 0. The van der Waals surface area contributed by atoms with Crippen molar-refractivity contribution >= 4 is 11.6 Å². The number of hydrogen-bond acceptors (Lipinski definition) is 4. The zero-order chi connectivity index (χ0) is 20.2. The Morgan fingerprint density at radius 1 is 1.00 bits per heavy atom. The van der Waals surface area contributed by atoms with Crippen LogP contribution in [0.5, 0.6) is 5.75 Å². The minimum absolute atomic E-state index is 0.212. The molecule has 4 rings (SSSR count). The first-order valence-electron chi connectivity index (χ1n) is 10.6. The van der Waals surface area contributed by atoms with Crippen LogP contribution >= 0.6 is 0 Å². The number of hydrogen-bond donors (Lipinski definition) is 0. The maximum Gasteiger partial charge on any atom is 0.241 e. The van der Waals surface area contributed by atoms with Gasteiger partial charge in [-0.15, -0.1) is 0 Å². The molecule has 0 atom stereocenters. The van der Waals surface area contributed by atoms with Crippen LogP contribution in [0.15, 0.2) is 42.5 Å². The summed E-state index contributed by atoms with van der Waals surface area (Å²) >= 11 is 0. The average Bonchev–Trinajstić information content (AvgIpc) is 2.75. The third-order valence-corrected chi connectivity index (χ3v) is 6.19. The zero-order valence-corrected chi connectivity index (χ0v) is 17.6. The third kappa shape index (κ3) is 4.62. The Bertz CT molecular complexity index is 859. The van der Waals surface area contributed by atoms with Crippen LogP contribution in [0, 0.1) is 6.92 Å². The smallest absolute Gasteiger partial charge is 0.241 e. The summed E-state index contributed by atoms with van der Waals surface area (Å²) in [4.78, 5) is 19.8. The van der Waals surface area contributed by atoms with E-state index in [1.54, 1.807) is 7.11 Å². The molecule has 0 spiro atoms. The number of ether oxygens (including phenoxy) is 1. The van der Waals surface area contributed by atoms with E-state index >= 15 is 0 Å². The van der Waals surface area contributed by atoms with E-state index in [9.17, 15) is 4.79 Å². The van der Waals surface area contributed by atoms with E-state index in [2.05, 4.69) is 47.1 Å². The van der Waals surface area contributed by atoms with Crippen LogP contribution in [0.2, 0.25) is 0 Å². The van der Waals surface area contributed by atoms with Crippen LogP contribution in [-0.2, 0) is 17.8 Å². The molecule has 2 heterocycles. The van der Waals surface area contributed by atoms with E-state index < -0.39 is 0 Å². The van der Waals surface area contributed by atoms with E-state index in [1.807, 2.05) is 17.0 Å². The molecule has 0 aliphatic carbocycles. The Morgan fingerprint density at radius 2 is 1.76 bits per heavy atom. The Hall–Kier alpha value is -2.37. The molecule has 2 aromatic rings. The maximum absolute atomic E-state index is 13.0. The number of aryl methyl sites for hydroxylation is 2. The van der Waals surface area contributed by atoms with Crippen molar-refractivity contribution in [3.63, 3.8) is 0 Å². The Morgan fingerprint density at radius 3 is 2.52 bits per heavy atom. The number of piperazine rings is 1. The largest absolute Gasteiger partial charge is 0.497 e. The Balaban J connectivity index is 1.32. The Labute approximate surface area is 173 Å². The number of nitrogens with zero attached hydrogens (tertiary/aromatic N) is 3. The standard InChI is InChI=1S/C24H31N3O2/c1-19-6-3-4-7-21(19)17-25-12-14-26(15-13-25)18-24(28)27-11-5-8-20-16-22(29-2)9-10-23(20)27/h3-4,6-7,9-10,16H,5,8,11-15,17-18H2,1-2H3. The van der Waals surface area contributed by atoms with Crippen molar-refractivity contribution < 1.29 is 9.53 Å². The lowest BCUT2D eigenvalue weighted by molar-refractivity contribution is -0.120. The number of rotatable bonds is 5. The van der Waals surface area contributed by atoms with Gasteiger partial charge in [0.1, 0.15) is 5.75 Å². The molecule has 154 valence electrons. The van der Waals surface area contributed by atoms with Crippen molar-refractivity contribution in [2.24, 2.45) is 0 Å². The molecule has 2 aliphatic heterocycles. The van der Waals surface area contributed by atoms with E-state index in [1.165, 1.54) is 16.7 Å². The van der Waals surface area contributed by atoms with Gasteiger partial charge in [0.2, 0.25) is 5.91 Å². The number of anilines is 1. The molecule has 0 aromatic heterocycles. The monoisotopic (exact) mass is 393 g/mol. The SMILES string of the molecule is COc1ccc2c(c1)CCCN2C(=O)CN1CCN(Cc2ccccc2C)CC1. The van der Waals surface area contributed by atoms with Crippen LogP contribution in [0.4, 0.5) is 5.69 Å². The highest BCUT2D eigenvalue weighted by Crippen LogP contribution is 2.30. The predicted molar refractivity (Wildman–Crippen MR) is 117 cm³/mol. The van der Waals surface area contributed by atoms with Gasteiger partial charge in [0.05, 0.1) is 13.7 Å². The second-order valence-corrected chi connectivity index (χ2v) is 8.12. The quantitative estimate of drug-likeness (QED) is 0.782. The van der Waals surface area contributed by atoms with E-state index in [4.69, 9.17) is 4.74 Å². The van der Waals surface area contributed by atoms with Gasteiger partial charge in [0.15, 0.2) is 0 Å².